The van der Waals surface area contributed by atoms with Crippen molar-refractivity contribution in [1.82, 2.24) is 0 Å². The highest BCUT2D eigenvalue weighted by atomic mass is 16.5. The van der Waals surface area contributed by atoms with E-state index < -0.39 is 0 Å². The van der Waals surface area contributed by atoms with E-state index in [0.29, 0.717) is 28.7 Å². The van der Waals surface area contributed by atoms with Gasteiger partial charge in [-0.3, -0.25) is 0 Å². The second-order valence-corrected chi connectivity index (χ2v) is 6.65. The van der Waals surface area contributed by atoms with Crippen molar-refractivity contribution in [2.75, 3.05) is 35.5 Å². The first-order valence-electron chi connectivity index (χ1n) is 9.76. The van der Waals surface area contributed by atoms with E-state index in [-0.39, 0.29) is 0 Å². The first kappa shape index (κ1) is 22.5. The molecule has 0 radical (unpaired) electrons. The maximum absolute atomic E-state index is 5.43. The van der Waals surface area contributed by atoms with Crippen molar-refractivity contribution in [3.63, 3.8) is 0 Å². The van der Waals surface area contributed by atoms with Crippen LogP contribution in [0, 0.1) is 23.7 Å². The zero-order valence-electron chi connectivity index (χ0n) is 18.7. The highest BCUT2D eigenvalue weighted by Gasteiger charge is 2.02. The lowest BCUT2D eigenvalue weighted by molar-refractivity contribution is 0.394. The zero-order valence-corrected chi connectivity index (χ0v) is 18.7. The van der Waals surface area contributed by atoms with Gasteiger partial charge in [-0.2, -0.15) is 0 Å². The van der Waals surface area contributed by atoms with Gasteiger partial charge in [0.2, 0.25) is 0 Å². The smallest absolute Gasteiger partial charge is 0.123 e. The van der Waals surface area contributed by atoms with Gasteiger partial charge in [-0.1, -0.05) is 23.7 Å². The summed E-state index contributed by atoms with van der Waals surface area (Å²) in [6, 6.07) is 16.7. The Hall–Kier alpha value is -4.22. The Morgan fingerprint density at radius 1 is 0.344 bits per heavy atom. The van der Waals surface area contributed by atoms with Crippen molar-refractivity contribution in [1.29, 1.82) is 0 Å². The number of methoxy groups -OCH3 is 5. The first-order chi connectivity index (χ1) is 15.6. The molecule has 0 heterocycles. The highest BCUT2D eigenvalue weighted by molar-refractivity contribution is 5.55. The Kier molecular flexibility index (Phi) is 7.51. The molecule has 0 aromatic heterocycles. The van der Waals surface area contributed by atoms with Gasteiger partial charge in [-0.25, -0.2) is 0 Å². The molecule has 3 aromatic rings. The van der Waals surface area contributed by atoms with Crippen LogP contribution in [-0.2, 0) is 0 Å². The molecule has 32 heavy (non-hydrogen) atoms. The summed E-state index contributed by atoms with van der Waals surface area (Å²) in [6.45, 7) is 0. The van der Waals surface area contributed by atoms with Crippen molar-refractivity contribution >= 4 is 0 Å². The molecule has 0 saturated heterocycles. The maximum Gasteiger partial charge on any atom is 0.123 e. The van der Waals surface area contributed by atoms with Crippen LogP contribution in [0.25, 0.3) is 0 Å². The van der Waals surface area contributed by atoms with Gasteiger partial charge in [0.25, 0.3) is 0 Å². The van der Waals surface area contributed by atoms with Crippen LogP contribution >= 0.6 is 0 Å². The number of rotatable bonds is 5. The Morgan fingerprint density at radius 2 is 0.562 bits per heavy atom. The van der Waals surface area contributed by atoms with Crippen LogP contribution in [0.1, 0.15) is 22.3 Å². The SMILES string of the molecule is COc1cc(C#Cc2cc(OC)cc(OC)c2)cc(C#Cc2cc(OC)cc(OC)c2)c1. The van der Waals surface area contributed by atoms with Crippen LogP contribution < -0.4 is 23.7 Å². The lowest BCUT2D eigenvalue weighted by Crippen LogP contribution is -1.90. The zero-order chi connectivity index (χ0) is 22.9. The van der Waals surface area contributed by atoms with E-state index in [9.17, 15) is 0 Å². The van der Waals surface area contributed by atoms with E-state index in [0.717, 1.165) is 22.3 Å². The minimum atomic E-state index is 0.674. The normalized spacial score (nSPS) is 9.53. The number of ether oxygens (including phenoxy) is 5. The highest BCUT2D eigenvalue weighted by Crippen LogP contribution is 2.23. The van der Waals surface area contributed by atoms with Crippen molar-refractivity contribution < 1.29 is 23.7 Å². The predicted molar refractivity (Wildman–Crippen MR) is 124 cm³/mol. The molecule has 0 aliphatic carbocycles. The predicted octanol–water partition coefficient (Wildman–Crippen LogP) is 4.53. The molecule has 3 rings (SSSR count). The van der Waals surface area contributed by atoms with E-state index in [1.807, 2.05) is 42.5 Å². The minimum Gasteiger partial charge on any atom is -0.497 e. The summed E-state index contributed by atoms with van der Waals surface area (Å²) in [5, 5.41) is 0. The van der Waals surface area contributed by atoms with Crippen molar-refractivity contribution in [2.45, 2.75) is 0 Å². The summed E-state index contributed by atoms with van der Waals surface area (Å²) in [7, 11) is 8.05. The molecule has 0 saturated carbocycles. The molecular weight excluding hydrogens is 404 g/mol. The van der Waals surface area contributed by atoms with Gasteiger partial charge < -0.3 is 23.7 Å². The molecule has 0 aliphatic rings. The fraction of sp³-hybridized carbons (Fsp3) is 0.185. The number of hydrogen-bond donors (Lipinski definition) is 0. The lowest BCUT2D eigenvalue weighted by Gasteiger charge is -2.05. The molecule has 0 atom stereocenters. The van der Waals surface area contributed by atoms with Gasteiger partial charge in [0, 0.05) is 34.4 Å². The van der Waals surface area contributed by atoms with Gasteiger partial charge in [-0.05, 0) is 42.5 Å². The molecule has 0 unspecified atom stereocenters. The van der Waals surface area contributed by atoms with Gasteiger partial charge >= 0.3 is 0 Å². The Morgan fingerprint density at radius 3 is 0.812 bits per heavy atom. The molecule has 5 heteroatoms. The second-order valence-electron chi connectivity index (χ2n) is 6.65. The van der Waals surface area contributed by atoms with Crippen LogP contribution in [0.5, 0.6) is 28.7 Å². The van der Waals surface area contributed by atoms with Gasteiger partial charge in [-0.15, -0.1) is 0 Å². The van der Waals surface area contributed by atoms with Crippen molar-refractivity contribution in [2.24, 2.45) is 0 Å². The summed E-state index contributed by atoms with van der Waals surface area (Å²) in [6.07, 6.45) is 0. The molecule has 0 amide bonds. The third-order valence-corrected chi connectivity index (χ3v) is 4.55. The Labute approximate surface area is 188 Å². The van der Waals surface area contributed by atoms with E-state index in [4.69, 9.17) is 23.7 Å². The van der Waals surface area contributed by atoms with Crippen molar-refractivity contribution in [3.8, 4) is 52.4 Å². The van der Waals surface area contributed by atoms with Crippen LogP contribution in [0.15, 0.2) is 54.6 Å². The average molecular weight is 428 g/mol. The summed E-state index contributed by atoms with van der Waals surface area (Å²) < 4.78 is 26.7. The van der Waals surface area contributed by atoms with Crippen LogP contribution in [0.2, 0.25) is 0 Å². The molecule has 0 N–H and O–H groups in total. The molecule has 0 fully saturated rings. The fourth-order valence-electron chi connectivity index (χ4n) is 2.91. The topological polar surface area (TPSA) is 46.2 Å². The summed E-state index contributed by atoms with van der Waals surface area (Å²) in [4.78, 5) is 0. The molecule has 0 spiro atoms. The quantitative estimate of drug-likeness (QED) is 0.559. The summed E-state index contributed by atoms with van der Waals surface area (Å²) >= 11 is 0. The lowest BCUT2D eigenvalue weighted by atomic mass is 10.1. The second kappa shape index (κ2) is 10.7. The molecule has 5 nitrogen and oxygen atoms in total. The third kappa shape index (κ3) is 5.90. The molecule has 162 valence electrons. The van der Waals surface area contributed by atoms with E-state index in [2.05, 4.69) is 23.7 Å². The Balaban J connectivity index is 1.95. The molecule has 0 bridgehead atoms. The number of benzene rings is 3. The van der Waals surface area contributed by atoms with E-state index in [1.54, 1.807) is 47.7 Å². The molecule has 3 aromatic carbocycles. The molecular formula is C27H24O5. The summed E-state index contributed by atoms with van der Waals surface area (Å²) in [5.41, 5.74) is 3.11. The largest absolute Gasteiger partial charge is 0.497 e. The van der Waals surface area contributed by atoms with Crippen LogP contribution in [0.4, 0.5) is 0 Å². The maximum atomic E-state index is 5.43. The molecule has 0 aliphatic heterocycles. The van der Waals surface area contributed by atoms with Crippen molar-refractivity contribution in [3.05, 3.63) is 76.9 Å². The number of hydrogen-bond acceptors (Lipinski definition) is 5. The average Bonchev–Trinajstić information content (AvgIpc) is 2.85. The monoisotopic (exact) mass is 428 g/mol. The fourth-order valence-corrected chi connectivity index (χ4v) is 2.91. The van der Waals surface area contributed by atoms with Crippen LogP contribution in [-0.4, -0.2) is 35.5 Å². The van der Waals surface area contributed by atoms with Gasteiger partial charge in [0.1, 0.15) is 28.7 Å². The summed E-state index contributed by atoms with van der Waals surface area (Å²) in [5.74, 6) is 16.0. The van der Waals surface area contributed by atoms with E-state index in [1.165, 1.54) is 0 Å². The van der Waals surface area contributed by atoms with Crippen LogP contribution in [0.3, 0.4) is 0 Å². The van der Waals surface area contributed by atoms with E-state index >= 15 is 0 Å². The van der Waals surface area contributed by atoms with Gasteiger partial charge in [0.05, 0.1) is 35.5 Å². The standard InChI is InChI=1S/C27H24O5/c1-28-23-11-19(6-8-21-13-24(29-2)17-25(14-21)30-3)10-20(12-23)7-9-22-15-26(31-4)18-27(16-22)32-5/h10-18H,1-5H3. The van der Waals surface area contributed by atoms with Gasteiger partial charge in [0.15, 0.2) is 0 Å². The third-order valence-electron chi connectivity index (χ3n) is 4.55. The Bertz CT molecular complexity index is 1090. The minimum absolute atomic E-state index is 0.674. The first-order valence-corrected chi connectivity index (χ1v) is 9.76.